The topological polar surface area (TPSA) is 47.4 Å². The Hall–Kier alpha value is -1.36. The Bertz CT molecular complexity index is 426. The fourth-order valence-electron chi connectivity index (χ4n) is 2.68. The molecule has 0 aromatic carbocycles. The van der Waals surface area contributed by atoms with E-state index in [9.17, 15) is 4.79 Å². The lowest BCUT2D eigenvalue weighted by Crippen LogP contribution is -2.41. The van der Waals surface area contributed by atoms with Gasteiger partial charge in [-0.25, -0.2) is 0 Å². The van der Waals surface area contributed by atoms with Crippen molar-refractivity contribution >= 4 is 12.1 Å². The van der Waals surface area contributed by atoms with Crippen LogP contribution >= 0.6 is 0 Å². The summed E-state index contributed by atoms with van der Waals surface area (Å²) >= 11 is 0. The molecule has 1 saturated heterocycles. The van der Waals surface area contributed by atoms with Gasteiger partial charge in [0.05, 0.1) is 17.4 Å². The van der Waals surface area contributed by atoms with Gasteiger partial charge in [0.1, 0.15) is 5.82 Å². The highest BCUT2D eigenvalue weighted by molar-refractivity contribution is 5.84. The molecule has 0 N–H and O–H groups in total. The van der Waals surface area contributed by atoms with E-state index in [-0.39, 0.29) is 6.10 Å². The van der Waals surface area contributed by atoms with Crippen LogP contribution in [0.1, 0.15) is 35.8 Å². The first-order chi connectivity index (χ1) is 8.67. The van der Waals surface area contributed by atoms with Crippen molar-refractivity contribution < 1.29 is 9.53 Å². The Balaban J connectivity index is 2.22. The summed E-state index contributed by atoms with van der Waals surface area (Å²) in [5.41, 5.74) is 1.50. The molecule has 100 valence electrons. The summed E-state index contributed by atoms with van der Waals surface area (Å²) in [6, 6.07) is 0. The van der Waals surface area contributed by atoms with Crippen molar-refractivity contribution in [2.75, 3.05) is 24.6 Å². The van der Waals surface area contributed by atoms with Crippen LogP contribution in [-0.4, -0.2) is 41.9 Å². The van der Waals surface area contributed by atoms with Gasteiger partial charge in [-0.05, 0) is 26.7 Å². The summed E-state index contributed by atoms with van der Waals surface area (Å²) < 4.78 is 7.49. The van der Waals surface area contributed by atoms with Crippen LogP contribution in [0.4, 0.5) is 5.82 Å². The summed E-state index contributed by atoms with van der Waals surface area (Å²) in [7, 11) is 1.89. The molecule has 0 saturated carbocycles. The van der Waals surface area contributed by atoms with E-state index in [0.717, 1.165) is 50.3 Å². The van der Waals surface area contributed by atoms with Crippen molar-refractivity contribution in [2.45, 2.75) is 32.8 Å². The largest absolute Gasteiger partial charge is 0.377 e. The van der Waals surface area contributed by atoms with Gasteiger partial charge < -0.3 is 9.64 Å². The Morgan fingerprint density at radius 1 is 1.56 bits per heavy atom. The third-order valence-electron chi connectivity index (χ3n) is 3.44. The van der Waals surface area contributed by atoms with E-state index in [0.29, 0.717) is 5.56 Å². The van der Waals surface area contributed by atoms with E-state index >= 15 is 0 Å². The van der Waals surface area contributed by atoms with Crippen LogP contribution in [0, 0.1) is 6.92 Å². The van der Waals surface area contributed by atoms with Gasteiger partial charge in [-0.1, -0.05) is 0 Å². The van der Waals surface area contributed by atoms with Crippen LogP contribution in [0.15, 0.2) is 0 Å². The van der Waals surface area contributed by atoms with Crippen LogP contribution in [0.3, 0.4) is 0 Å². The third-order valence-corrected chi connectivity index (χ3v) is 3.44. The van der Waals surface area contributed by atoms with Gasteiger partial charge in [0.25, 0.3) is 0 Å². The Morgan fingerprint density at radius 3 is 3.00 bits per heavy atom. The standard InChI is InChI=1S/C13H21N3O2/c1-4-18-11-6-5-7-16(8-11)13-12(9-17)10(2)14-15(13)3/h9,11H,4-8H2,1-3H3. The molecule has 1 unspecified atom stereocenters. The van der Waals surface area contributed by atoms with E-state index in [1.54, 1.807) is 4.68 Å². The predicted molar refractivity (Wildman–Crippen MR) is 70.2 cm³/mol. The van der Waals surface area contributed by atoms with E-state index in [1.165, 1.54) is 0 Å². The van der Waals surface area contributed by atoms with Crippen molar-refractivity contribution in [1.82, 2.24) is 9.78 Å². The molecule has 1 atom stereocenters. The summed E-state index contributed by atoms with van der Waals surface area (Å²) in [5.74, 6) is 0.923. The first kappa shape index (κ1) is 13.1. The average molecular weight is 251 g/mol. The minimum Gasteiger partial charge on any atom is -0.377 e. The monoisotopic (exact) mass is 251 g/mol. The zero-order chi connectivity index (χ0) is 13.1. The molecule has 1 aliphatic heterocycles. The molecule has 2 rings (SSSR count). The number of piperidine rings is 1. The van der Waals surface area contributed by atoms with Crippen molar-refractivity contribution in [2.24, 2.45) is 7.05 Å². The lowest BCUT2D eigenvalue weighted by atomic mass is 10.1. The van der Waals surface area contributed by atoms with E-state index in [4.69, 9.17) is 4.74 Å². The maximum atomic E-state index is 11.2. The zero-order valence-corrected chi connectivity index (χ0v) is 11.3. The number of anilines is 1. The van der Waals surface area contributed by atoms with Crippen LogP contribution < -0.4 is 4.90 Å². The normalized spacial score (nSPS) is 20.2. The second-order valence-corrected chi connectivity index (χ2v) is 4.73. The number of aldehydes is 1. The van der Waals surface area contributed by atoms with Gasteiger partial charge >= 0.3 is 0 Å². The zero-order valence-electron chi connectivity index (χ0n) is 11.3. The molecule has 1 aromatic heterocycles. The SMILES string of the molecule is CCOC1CCCN(c2c(C=O)c(C)nn2C)C1. The number of nitrogens with zero attached hydrogens (tertiary/aromatic N) is 3. The first-order valence-corrected chi connectivity index (χ1v) is 6.52. The van der Waals surface area contributed by atoms with Gasteiger partial charge in [-0.3, -0.25) is 9.48 Å². The second kappa shape index (κ2) is 5.52. The summed E-state index contributed by atoms with van der Waals surface area (Å²) in [5, 5.41) is 4.33. The van der Waals surface area contributed by atoms with Crippen LogP contribution in [0.2, 0.25) is 0 Å². The van der Waals surface area contributed by atoms with Crippen LogP contribution in [0.5, 0.6) is 0 Å². The molecule has 0 bridgehead atoms. The summed E-state index contributed by atoms with van der Waals surface area (Å²) in [6.45, 7) is 6.43. The average Bonchev–Trinajstić information content (AvgIpc) is 2.64. The van der Waals surface area contributed by atoms with Gasteiger partial charge in [0.15, 0.2) is 6.29 Å². The molecular formula is C13H21N3O2. The number of aromatic nitrogens is 2. The first-order valence-electron chi connectivity index (χ1n) is 6.52. The van der Waals surface area contributed by atoms with Crippen molar-refractivity contribution in [3.8, 4) is 0 Å². The molecule has 0 spiro atoms. The fraction of sp³-hybridized carbons (Fsp3) is 0.692. The number of hydrogen-bond donors (Lipinski definition) is 0. The van der Waals surface area contributed by atoms with Crippen molar-refractivity contribution in [3.63, 3.8) is 0 Å². The minimum absolute atomic E-state index is 0.262. The quantitative estimate of drug-likeness (QED) is 0.762. The molecule has 1 aliphatic rings. The van der Waals surface area contributed by atoms with Gasteiger partial charge in [0, 0.05) is 26.7 Å². The highest BCUT2D eigenvalue weighted by atomic mass is 16.5. The lowest BCUT2D eigenvalue weighted by molar-refractivity contribution is 0.0523. The molecule has 5 heteroatoms. The summed E-state index contributed by atoms with van der Waals surface area (Å²) in [6.07, 6.45) is 3.35. The minimum atomic E-state index is 0.262. The molecule has 1 fully saturated rings. The Labute approximate surface area is 108 Å². The highest BCUT2D eigenvalue weighted by Gasteiger charge is 2.25. The molecule has 1 aromatic rings. The molecular weight excluding hydrogens is 230 g/mol. The molecule has 0 radical (unpaired) electrons. The van der Waals surface area contributed by atoms with Crippen LogP contribution in [-0.2, 0) is 11.8 Å². The maximum Gasteiger partial charge on any atom is 0.155 e. The maximum absolute atomic E-state index is 11.2. The number of ether oxygens (including phenoxy) is 1. The highest BCUT2D eigenvalue weighted by Crippen LogP contribution is 2.25. The Kier molecular flexibility index (Phi) is 4.01. The molecule has 2 heterocycles. The lowest BCUT2D eigenvalue weighted by Gasteiger charge is -2.34. The predicted octanol–water partition coefficient (Wildman–Crippen LogP) is 1.55. The molecule has 0 aliphatic carbocycles. The van der Waals surface area contributed by atoms with E-state index in [1.807, 2.05) is 20.9 Å². The second-order valence-electron chi connectivity index (χ2n) is 4.73. The number of aryl methyl sites for hydroxylation is 2. The molecule has 0 amide bonds. The number of hydrogen-bond acceptors (Lipinski definition) is 4. The van der Waals surface area contributed by atoms with Crippen molar-refractivity contribution in [1.29, 1.82) is 0 Å². The van der Waals surface area contributed by atoms with Gasteiger partial charge in [-0.15, -0.1) is 0 Å². The third kappa shape index (κ3) is 2.41. The number of carbonyl (C=O) groups is 1. The van der Waals surface area contributed by atoms with Gasteiger partial charge in [-0.2, -0.15) is 5.10 Å². The number of carbonyl (C=O) groups excluding carboxylic acids is 1. The van der Waals surface area contributed by atoms with Gasteiger partial charge in [0.2, 0.25) is 0 Å². The fourth-order valence-corrected chi connectivity index (χ4v) is 2.68. The van der Waals surface area contributed by atoms with Crippen molar-refractivity contribution in [3.05, 3.63) is 11.3 Å². The molecule has 5 nitrogen and oxygen atoms in total. The smallest absolute Gasteiger partial charge is 0.155 e. The Morgan fingerprint density at radius 2 is 2.33 bits per heavy atom. The van der Waals surface area contributed by atoms with E-state index in [2.05, 4.69) is 10.00 Å². The summed E-state index contributed by atoms with van der Waals surface area (Å²) in [4.78, 5) is 13.4. The van der Waals surface area contributed by atoms with E-state index < -0.39 is 0 Å². The van der Waals surface area contributed by atoms with Crippen LogP contribution in [0.25, 0.3) is 0 Å². The molecule has 18 heavy (non-hydrogen) atoms. The number of rotatable bonds is 4.